The van der Waals surface area contributed by atoms with Crippen molar-refractivity contribution < 1.29 is 4.79 Å². The zero-order valence-electron chi connectivity index (χ0n) is 12.8. The number of nitrogens with one attached hydrogen (secondary N) is 1. The van der Waals surface area contributed by atoms with Gasteiger partial charge in [-0.25, -0.2) is 0 Å². The summed E-state index contributed by atoms with van der Waals surface area (Å²) in [4.78, 5) is 14.8. The molecule has 0 aliphatic carbocycles. The van der Waals surface area contributed by atoms with Gasteiger partial charge in [0.25, 0.3) is 0 Å². The van der Waals surface area contributed by atoms with Gasteiger partial charge in [-0.05, 0) is 43.7 Å². The molecule has 4 nitrogen and oxygen atoms in total. The maximum atomic E-state index is 12.8. The first-order chi connectivity index (χ1) is 10.0. The van der Waals surface area contributed by atoms with E-state index in [-0.39, 0.29) is 5.91 Å². The average molecular weight is 287 g/mol. The molecule has 0 bridgehead atoms. The number of nitrogens with two attached hydrogens (primary N) is 1. The normalized spacial score (nSPS) is 24.0. The molecule has 3 rings (SSSR count). The molecule has 0 saturated carbocycles. The minimum absolute atomic E-state index is 0.0505. The summed E-state index contributed by atoms with van der Waals surface area (Å²) in [5.41, 5.74) is 6.73. The molecular formula is C17H25N3O. The van der Waals surface area contributed by atoms with Crippen LogP contribution < -0.4 is 11.1 Å². The number of amides is 1. The van der Waals surface area contributed by atoms with Crippen LogP contribution in [0.2, 0.25) is 0 Å². The average Bonchev–Trinajstić information content (AvgIpc) is 2.96. The Kier molecular flexibility index (Phi) is 3.76. The number of benzene rings is 1. The highest BCUT2D eigenvalue weighted by atomic mass is 16.2. The van der Waals surface area contributed by atoms with Gasteiger partial charge in [0.05, 0.1) is 0 Å². The zero-order chi connectivity index (χ0) is 14.9. The number of likely N-dealkylation sites (tertiary alicyclic amines) is 1. The third kappa shape index (κ3) is 2.70. The van der Waals surface area contributed by atoms with E-state index in [2.05, 4.69) is 5.32 Å². The molecule has 2 saturated heterocycles. The summed E-state index contributed by atoms with van der Waals surface area (Å²) in [5.74, 6) is 0.0505. The minimum Gasteiger partial charge on any atom is -0.341 e. The predicted octanol–water partition coefficient (Wildman–Crippen LogP) is 1.46. The fourth-order valence-electron chi connectivity index (χ4n) is 3.64. The Bertz CT molecular complexity index is 496. The molecule has 3 N–H and O–H groups in total. The summed E-state index contributed by atoms with van der Waals surface area (Å²) in [7, 11) is 0. The van der Waals surface area contributed by atoms with E-state index in [0.29, 0.717) is 5.41 Å². The molecule has 1 atom stereocenters. The maximum absolute atomic E-state index is 12.8. The molecule has 1 amide bonds. The third-order valence-electron chi connectivity index (χ3n) is 5.26. The Hall–Kier alpha value is -1.39. The first-order valence-corrected chi connectivity index (χ1v) is 7.88. The van der Waals surface area contributed by atoms with Gasteiger partial charge in [0.2, 0.25) is 5.91 Å². The van der Waals surface area contributed by atoms with Crippen molar-refractivity contribution in [3.05, 3.63) is 35.9 Å². The Morgan fingerprint density at radius 1 is 1.24 bits per heavy atom. The molecule has 1 unspecified atom stereocenters. The second-order valence-electron chi connectivity index (χ2n) is 6.79. The molecule has 1 aromatic carbocycles. The second kappa shape index (κ2) is 5.43. The first-order valence-electron chi connectivity index (χ1n) is 7.88. The monoisotopic (exact) mass is 287 g/mol. The summed E-state index contributed by atoms with van der Waals surface area (Å²) < 4.78 is 0. The number of hydrogen-bond donors (Lipinski definition) is 2. The number of hydrogen-bond acceptors (Lipinski definition) is 3. The van der Waals surface area contributed by atoms with Crippen molar-refractivity contribution in [2.24, 2.45) is 11.1 Å². The van der Waals surface area contributed by atoms with Gasteiger partial charge in [-0.1, -0.05) is 30.3 Å². The van der Waals surface area contributed by atoms with Crippen molar-refractivity contribution in [2.45, 2.75) is 31.7 Å². The minimum atomic E-state index is -0.931. The van der Waals surface area contributed by atoms with Crippen LogP contribution in [0.25, 0.3) is 0 Å². The van der Waals surface area contributed by atoms with Crippen LogP contribution in [-0.2, 0) is 10.3 Å². The summed E-state index contributed by atoms with van der Waals surface area (Å²) in [6, 6.07) is 9.68. The number of carbonyl (C=O) groups excluding carboxylic acids is 1. The van der Waals surface area contributed by atoms with Gasteiger partial charge >= 0.3 is 0 Å². The summed E-state index contributed by atoms with van der Waals surface area (Å²) in [6.45, 7) is 5.71. The molecule has 1 aromatic rings. The van der Waals surface area contributed by atoms with E-state index in [0.717, 1.165) is 44.6 Å². The topological polar surface area (TPSA) is 58.4 Å². The van der Waals surface area contributed by atoms with Crippen molar-refractivity contribution in [3.63, 3.8) is 0 Å². The lowest BCUT2D eigenvalue weighted by atomic mass is 9.77. The Morgan fingerprint density at radius 2 is 1.90 bits per heavy atom. The molecule has 2 heterocycles. The van der Waals surface area contributed by atoms with Crippen LogP contribution in [0.4, 0.5) is 0 Å². The molecule has 2 fully saturated rings. The van der Waals surface area contributed by atoms with E-state index in [9.17, 15) is 4.79 Å². The van der Waals surface area contributed by atoms with E-state index in [1.165, 1.54) is 6.42 Å². The predicted molar refractivity (Wildman–Crippen MR) is 83.7 cm³/mol. The number of piperidine rings is 1. The molecule has 0 aromatic heterocycles. The highest BCUT2D eigenvalue weighted by Gasteiger charge is 2.41. The van der Waals surface area contributed by atoms with Crippen molar-refractivity contribution >= 4 is 5.91 Å². The number of rotatable bonds is 2. The lowest BCUT2D eigenvalue weighted by molar-refractivity contribution is -0.139. The van der Waals surface area contributed by atoms with Crippen molar-refractivity contribution in [1.29, 1.82) is 0 Å². The zero-order valence-corrected chi connectivity index (χ0v) is 12.8. The number of carbonyl (C=O) groups is 1. The van der Waals surface area contributed by atoms with Crippen LogP contribution in [0.1, 0.15) is 31.7 Å². The summed E-state index contributed by atoms with van der Waals surface area (Å²) >= 11 is 0. The van der Waals surface area contributed by atoms with E-state index < -0.39 is 5.54 Å². The third-order valence-corrected chi connectivity index (χ3v) is 5.26. The van der Waals surface area contributed by atoms with E-state index >= 15 is 0 Å². The van der Waals surface area contributed by atoms with Gasteiger partial charge < -0.3 is 16.0 Å². The molecule has 0 radical (unpaired) electrons. The van der Waals surface area contributed by atoms with E-state index in [1.54, 1.807) is 0 Å². The van der Waals surface area contributed by atoms with Gasteiger partial charge in [0.15, 0.2) is 0 Å². The van der Waals surface area contributed by atoms with Crippen molar-refractivity contribution in [3.8, 4) is 0 Å². The largest absolute Gasteiger partial charge is 0.341 e. The van der Waals surface area contributed by atoms with Crippen molar-refractivity contribution in [2.75, 3.05) is 26.2 Å². The highest BCUT2D eigenvalue weighted by Crippen LogP contribution is 2.37. The Balaban J connectivity index is 1.69. The molecule has 21 heavy (non-hydrogen) atoms. The quantitative estimate of drug-likeness (QED) is 0.866. The van der Waals surface area contributed by atoms with Crippen LogP contribution >= 0.6 is 0 Å². The summed E-state index contributed by atoms with van der Waals surface area (Å²) in [5, 5.41) is 3.45. The molecule has 114 valence electrons. The smallest absolute Gasteiger partial charge is 0.246 e. The van der Waals surface area contributed by atoms with E-state index in [1.807, 2.05) is 42.2 Å². The van der Waals surface area contributed by atoms with Gasteiger partial charge in [0.1, 0.15) is 5.54 Å². The first kappa shape index (κ1) is 14.5. The van der Waals surface area contributed by atoms with E-state index in [4.69, 9.17) is 5.73 Å². The molecule has 2 aliphatic rings. The van der Waals surface area contributed by atoms with Gasteiger partial charge in [-0.3, -0.25) is 4.79 Å². The molecule has 2 aliphatic heterocycles. The molecule has 1 spiro atoms. The lowest BCUT2D eigenvalue weighted by Crippen LogP contribution is -2.54. The highest BCUT2D eigenvalue weighted by molar-refractivity contribution is 5.87. The lowest BCUT2D eigenvalue weighted by Gasteiger charge is -2.41. The Labute approximate surface area is 126 Å². The fourth-order valence-corrected chi connectivity index (χ4v) is 3.64. The number of nitrogens with zero attached hydrogens (tertiary/aromatic N) is 1. The van der Waals surface area contributed by atoms with Gasteiger partial charge in [-0.2, -0.15) is 0 Å². The van der Waals surface area contributed by atoms with Gasteiger partial charge in [0, 0.05) is 19.6 Å². The SMILES string of the molecule is CC(N)(C(=O)N1CCC2(CCNC2)CC1)c1ccccc1. The molecular weight excluding hydrogens is 262 g/mol. The van der Waals surface area contributed by atoms with Crippen molar-refractivity contribution in [1.82, 2.24) is 10.2 Å². The van der Waals surface area contributed by atoms with Crippen LogP contribution in [0.5, 0.6) is 0 Å². The standard InChI is InChI=1S/C17H25N3O/c1-16(18,14-5-3-2-4-6-14)15(21)20-11-8-17(9-12-20)7-10-19-13-17/h2-6,19H,7-13,18H2,1H3. The molecule has 4 heteroatoms. The van der Waals surface area contributed by atoms with Crippen LogP contribution in [0, 0.1) is 5.41 Å². The second-order valence-corrected chi connectivity index (χ2v) is 6.79. The van der Waals surface area contributed by atoms with Gasteiger partial charge in [-0.15, -0.1) is 0 Å². The maximum Gasteiger partial charge on any atom is 0.246 e. The van der Waals surface area contributed by atoms with Crippen LogP contribution in [-0.4, -0.2) is 37.0 Å². The van der Waals surface area contributed by atoms with Crippen LogP contribution in [0.3, 0.4) is 0 Å². The fraction of sp³-hybridized carbons (Fsp3) is 0.588. The summed E-state index contributed by atoms with van der Waals surface area (Å²) in [6.07, 6.45) is 3.43. The Morgan fingerprint density at radius 3 is 2.48 bits per heavy atom. The van der Waals surface area contributed by atoms with Crippen LogP contribution in [0.15, 0.2) is 30.3 Å².